The molecular weight excluding hydrogens is 554 g/mol. The Hall–Kier alpha value is -3.00. The number of carbonyl (C=O) groups is 6. The highest BCUT2D eigenvalue weighted by atomic mass is 79.9. The molecule has 2 fully saturated rings. The van der Waals surface area contributed by atoms with Gasteiger partial charge in [0.25, 0.3) is 0 Å². The van der Waals surface area contributed by atoms with E-state index in [1.807, 2.05) is 0 Å². The first-order valence-corrected chi connectivity index (χ1v) is 12.4. The fourth-order valence-electron chi connectivity index (χ4n) is 5.98. The molecule has 4 rings (SSSR count). The summed E-state index contributed by atoms with van der Waals surface area (Å²) in [6.07, 6.45) is 0.0657. The van der Waals surface area contributed by atoms with Crippen LogP contribution in [0.2, 0.25) is 0 Å². The van der Waals surface area contributed by atoms with E-state index in [2.05, 4.69) is 21.2 Å². The van der Waals surface area contributed by atoms with Crippen molar-refractivity contribution in [2.45, 2.75) is 29.3 Å². The molecule has 12 nitrogen and oxygen atoms in total. The SMILES string of the molecule is CN(C)[C@@H]1C(=O)C(C(N)=O)C(=O)[C@@]2(O)C(=O)C3C(=O)c4c(ccc(NC(=O)C(Br)CO)c4O)CC3CC12. The molecule has 0 bridgehead atoms. The molecule has 6 N–H and O–H groups in total. The number of Topliss-reactive ketones (excluding diaryl/α,β-unsaturated/α-hetero) is 4. The first-order chi connectivity index (χ1) is 17.3. The van der Waals surface area contributed by atoms with E-state index in [9.17, 15) is 39.0 Å². The van der Waals surface area contributed by atoms with Crippen LogP contribution in [0.3, 0.4) is 0 Å². The minimum atomic E-state index is -2.80. The third-order valence-corrected chi connectivity index (χ3v) is 8.34. The summed E-state index contributed by atoms with van der Waals surface area (Å²) in [5.74, 6) is -12.2. The zero-order valence-electron chi connectivity index (χ0n) is 19.9. The Bertz CT molecular complexity index is 1250. The number of nitrogens with two attached hydrogens (primary N) is 1. The minimum absolute atomic E-state index is 0.0507. The van der Waals surface area contributed by atoms with Gasteiger partial charge in [-0.1, -0.05) is 22.0 Å². The van der Waals surface area contributed by atoms with E-state index in [4.69, 9.17) is 10.8 Å². The number of fused-ring (bicyclic) bond motifs is 3. The normalized spacial score (nSPS) is 31.9. The quantitative estimate of drug-likeness (QED) is 0.156. The van der Waals surface area contributed by atoms with E-state index < -0.39 is 87.4 Å². The number of likely N-dealkylation sites (N-methyl/N-ethyl adjacent to an activating group) is 1. The third-order valence-electron chi connectivity index (χ3n) is 7.64. The summed E-state index contributed by atoms with van der Waals surface area (Å²) in [5.41, 5.74) is 2.51. The Kier molecular flexibility index (Phi) is 6.86. The number of phenols is 1. The van der Waals surface area contributed by atoms with Crippen LogP contribution in [-0.4, -0.2) is 92.3 Å². The molecule has 2 saturated carbocycles. The van der Waals surface area contributed by atoms with Crippen LogP contribution in [0.5, 0.6) is 5.75 Å². The number of nitrogens with zero attached hydrogens (tertiary/aromatic N) is 1. The molecule has 1 aromatic carbocycles. The predicted octanol–water partition coefficient (Wildman–Crippen LogP) is -1.44. The number of nitrogens with one attached hydrogen (secondary N) is 1. The maximum atomic E-state index is 13.7. The number of benzene rings is 1. The molecule has 198 valence electrons. The van der Waals surface area contributed by atoms with Crippen LogP contribution in [0, 0.1) is 23.7 Å². The fourth-order valence-corrected chi connectivity index (χ4v) is 6.09. The number of primary amides is 1. The average Bonchev–Trinajstić information content (AvgIpc) is 2.82. The van der Waals surface area contributed by atoms with E-state index in [0.717, 1.165) is 0 Å². The lowest BCUT2D eigenvalue weighted by molar-refractivity contribution is -0.181. The standard InChI is InChI=1S/C24H26BrN3O9/c1-28(2)16-10-6-9-5-8-3-4-12(27-23(36)11(25)7-29)17(30)13(8)18(31)14(9)20(33)24(10,37)21(34)15(19(16)32)22(26)35/h3-4,9-11,14-16,29-30,37H,5-7H2,1-2H3,(H2,26,35)(H,27,36)/t9?,10?,11?,14?,15?,16-,24-/m0/s1. The Morgan fingerprint density at radius 3 is 2.43 bits per heavy atom. The number of hydrogen-bond acceptors (Lipinski definition) is 10. The average molecular weight is 580 g/mol. The second-order valence-electron chi connectivity index (χ2n) is 9.92. The van der Waals surface area contributed by atoms with Gasteiger partial charge >= 0.3 is 0 Å². The van der Waals surface area contributed by atoms with Gasteiger partial charge in [0, 0.05) is 5.92 Å². The van der Waals surface area contributed by atoms with Crippen molar-refractivity contribution in [3.63, 3.8) is 0 Å². The smallest absolute Gasteiger partial charge is 0.240 e. The summed E-state index contributed by atoms with van der Waals surface area (Å²) in [4.78, 5) is 78.2. The molecule has 0 aromatic heterocycles. The van der Waals surface area contributed by atoms with E-state index in [0.29, 0.717) is 5.56 Å². The Morgan fingerprint density at radius 2 is 1.86 bits per heavy atom. The van der Waals surface area contributed by atoms with Crippen LogP contribution in [0.25, 0.3) is 0 Å². The number of aliphatic hydroxyl groups excluding tert-OH is 1. The van der Waals surface area contributed by atoms with Gasteiger partial charge in [0.1, 0.15) is 10.6 Å². The molecule has 0 radical (unpaired) electrons. The number of aromatic hydroxyl groups is 1. The summed E-state index contributed by atoms with van der Waals surface area (Å²) >= 11 is 2.97. The number of aliphatic hydroxyl groups is 2. The van der Waals surface area contributed by atoms with E-state index in [1.165, 1.54) is 31.1 Å². The van der Waals surface area contributed by atoms with Gasteiger partial charge in [0.2, 0.25) is 11.8 Å². The molecule has 0 saturated heterocycles. The predicted molar refractivity (Wildman–Crippen MR) is 130 cm³/mol. The highest BCUT2D eigenvalue weighted by Crippen LogP contribution is 2.51. The summed E-state index contributed by atoms with van der Waals surface area (Å²) in [5, 5.41) is 33.9. The fraction of sp³-hybridized carbons (Fsp3) is 0.500. The van der Waals surface area contributed by atoms with Crippen LogP contribution in [0.1, 0.15) is 22.3 Å². The second-order valence-corrected chi connectivity index (χ2v) is 11.0. The van der Waals surface area contributed by atoms with Crippen molar-refractivity contribution in [1.29, 1.82) is 0 Å². The number of phenolic OH excluding ortho intramolecular Hbond substituents is 1. The summed E-state index contributed by atoms with van der Waals surface area (Å²) in [6.45, 7) is -0.523. The second kappa shape index (κ2) is 9.39. The molecule has 37 heavy (non-hydrogen) atoms. The lowest BCUT2D eigenvalue weighted by atomic mass is 9.52. The highest BCUT2D eigenvalue weighted by Gasteiger charge is 2.69. The Labute approximate surface area is 219 Å². The number of halogens is 1. The number of anilines is 1. The lowest BCUT2D eigenvalue weighted by Crippen LogP contribution is -2.74. The number of hydrogen-bond donors (Lipinski definition) is 5. The molecule has 0 heterocycles. The monoisotopic (exact) mass is 579 g/mol. The van der Waals surface area contributed by atoms with Gasteiger partial charge in [-0.2, -0.15) is 0 Å². The van der Waals surface area contributed by atoms with E-state index in [1.54, 1.807) is 0 Å². The Morgan fingerprint density at radius 1 is 1.22 bits per heavy atom. The molecule has 0 spiro atoms. The van der Waals surface area contributed by atoms with Crippen LogP contribution in [-0.2, 0) is 30.4 Å². The van der Waals surface area contributed by atoms with Crippen molar-refractivity contribution in [1.82, 2.24) is 4.90 Å². The van der Waals surface area contributed by atoms with Crippen molar-refractivity contribution >= 4 is 56.6 Å². The molecule has 7 atom stereocenters. The lowest BCUT2D eigenvalue weighted by Gasteiger charge is -2.52. The minimum Gasteiger partial charge on any atom is -0.505 e. The molecule has 3 aliphatic rings. The van der Waals surface area contributed by atoms with E-state index in [-0.39, 0.29) is 24.1 Å². The van der Waals surface area contributed by atoms with Gasteiger partial charge in [0.05, 0.1) is 29.8 Å². The molecule has 3 aliphatic carbocycles. The van der Waals surface area contributed by atoms with Crippen molar-refractivity contribution in [3.05, 3.63) is 23.3 Å². The third kappa shape index (κ3) is 3.92. The molecule has 0 aliphatic heterocycles. The van der Waals surface area contributed by atoms with Gasteiger partial charge in [-0.25, -0.2) is 0 Å². The van der Waals surface area contributed by atoms with Gasteiger partial charge < -0.3 is 26.4 Å². The van der Waals surface area contributed by atoms with E-state index >= 15 is 0 Å². The number of alkyl halides is 1. The van der Waals surface area contributed by atoms with Crippen LogP contribution >= 0.6 is 15.9 Å². The van der Waals surface area contributed by atoms with Gasteiger partial charge in [0.15, 0.2) is 34.7 Å². The van der Waals surface area contributed by atoms with Crippen LogP contribution in [0.15, 0.2) is 12.1 Å². The maximum absolute atomic E-state index is 13.7. The molecule has 5 unspecified atom stereocenters. The summed E-state index contributed by atoms with van der Waals surface area (Å²) in [6, 6.07) is 1.72. The van der Waals surface area contributed by atoms with Gasteiger partial charge in [-0.05, 0) is 44.5 Å². The first kappa shape index (κ1) is 27.0. The van der Waals surface area contributed by atoms with Crippen molar-refractivity contribution in [2.75, 3.05) is 26.0 Å². The summed E-state index contributed by atoms with van der Waals surface area (Å²) < 4.78 is 0. The summed E-state index contributed by atoms with van der Waals surface area (Å²) in [7, 11) is 3.02. The number of rotatable bonds is 5. The van der Waals surface area contributed by atoms with Crippen molar-refractivity contribution < 1.29 is 44.1 Å². The zero-order chi connectivity index (χ0) is 27.6. The van der Waals surface area contributed by atoms with Crippen LogP contribution in [0.4, 0.5) is 5.69 Å². The first-order valence-electron chi connectivity index (χ1n) is 11.5. The zero-order valence-corrected chi connectivity index (χ0v) is 21.5. The topological polar surface area (TPSA) is 204 Å². The maximum Gasteiger partial charge on any atom is 0.240 e. The van der Waals surface area contributed by atoms with Gasteiger partial charge in [-0.3, -0.25) is 33.7 Å². The Balaban J connectivity index is 1.78. The van der Waals surface area contributed by atoms with Crippen molar-refractivity contribution in [2.24, 2.45) is 29.4 Å². The molecular formula is C24H26BrN3O9. The van der Waals surface area contributed by atoms with Crippen molar-refractivity contribution in [3.8, 4) is 5.75 Å². The van der Waals surface area contributed by atoms with Gasteiger partial charge in [-0.15, -0.1) is 0 Å². The number of ketones is 4. The molecule has 13 heteroatoms. The number of amides is 2. The number of carbonyl (C=O) groups excluding carboxylic acids is 6. The van der Waals surface area contributed by atoms with Crippen LogP contribution < -0.4 is 11.1 Å². The highest BCUT2D eigenvalue weighted by molar-refractivity contribution is 9.10. The molecule has 1 aromatic rings. The molecule has 2 amide bonds. The largest absolute Gasteiger partial charge is 0.505 e.